The minimum Gasteiger partial charge on any atom is -0.324 e. The number of hydrogen-bond acceptors (Lipinski definition) is 2. The number of ether oxygens (including phenoxy) is 1. The van der Waals surface area contributed by atoms with Crippen molar-refractivity contribution in [1.82, 2.24) is 9.38 Å². The third-order valence-corrected chi connectivity index (χ3v) is 8.29. The van der Waals surface area contributed by atoms with Gasteiger partial charge in [-0.2, -0.15) is 13.2 Å². The maximum atomic E-state index is 14.7. The first-order valence-corrected chi connectivity index (χ1v) is 13.7. The maximum absolute atomic E-state index is 14.7. The van der Waals surface area contributed by atoms with E-state index in [1.807, 2.05) is 67.6 Å². The van der Waals surface area contributed by atoms with Crippen LogP contribution in [-0.4, -0.2) is 42.9 Å². The van der Waals surface area contributed by atoms with Gasteiger partial charge in [0.2, 0.25) is 6.23 Å². The Bertz CT molecular complexity index is 1140. The Kier molecular flexibility index (Phi) is 7.94. The van der Waals surface area contributed by atoms with Gasteiger partial charge in [-0.3, -0.25) is 9.38 Å². The van der Waals surface area contributed by atoms with E-state index in [4.69, 9.17) is 4.74 Å². The van der Waals surface area contributed by atoms with Crippen LogP contribution < -0.4 is 4.48 Å². The molecule has 6 heteroatoms. The Balaban J connectivity index is 1.79. The fourth-order valence-corrected chi connectivity index (χ4v) is 6.46. The van der Waals surface area contributed by atoms with E-state index in [2.05, 4.69) is 11.8 Å². The molecule has 0 bridgehead atoms. The van der Waals surface area contributed by atoms with Gasteiger partial charge in [0, 0.05) is 23.7 Å². The van der Waals surface area contributed by atoms with Crippen molar-refractivity contribution in [3.63, 3.8) is 0 Å². The summed E-state index contributed by atoms with van der Waals surface area (Å²) in [5.41, 5.74) is 1.64. The van der Waals surface area contributed by atoms with Gasteiger partial charge in [-0.15, -0.1) is 0 Å². The number of benzene rings is 3. The lowest BCUT2D eigenvalue weighted by atomic mass is 9.90. The Labute approximate surface area is 224 Å². The average Bonchev–Trinajstić information content (AvgIpc) is 3.43. The summed E-state index contributed by atoms with van der Waals surface area (Å²) in [4.78, 5) is 2.25. The number of nitrogens with zero attached hydrogens (tertiary/aromatic N) is 2. The number of rotatable bonds is 7. The van der Waals surface area contributed by atoms with E-state index >= 15 is 0 Å². The number of piperazine rings is 1. The molecule has 2 fully saturated rings. The van der Waals surface area contributed by atoms with E-state index in [9.17, 15) is 13.2 Å². The summed E-state index contributed by atoms with van der Waals surface area (Å²) in [6, 6.07) is 25.7. The van der Waals surface area contributed by atoms with Crippen LogP contribution in [0.5, 0.6) is 0 Å². The highest BCUT2D eigenvalue weighted by Gasteiger charge is 2.55. The zero-order valence-corrected chi connectivity index (χ0v) is 22.0. The summed E-state index contributed by atoms with van der Waals surface area (Å²) in [5.74, 6) is 0. The molecule has 0 N–H and O–H groups in total. The molecule has 38 heavy (non-hydrogen) atoms. The molecule has 1 aliphatic carbocycles. The highest BCUT2D eigenvalue weighted by molar-refractivity contribution is 5.56. The molecule has 0 aromatic heterocycles. The molecule has 3 nitrogen and oxygen atoms in total. The Morgan fingerprint density at radius 3 is 1.97 bits per heavy atom. The minimum absolute atomic E-state index is 0.0247. The fourth-order valence-electron chi connectivity index (χ4n) is 6.46. The van der Waals surface area contributed by atoms with Crippen molar-refractivity contribution in [3.8, 4) is 0 Å². The second-order valence-corrected chi connectivity index (χ2v) is 10.7. The number of para-hydroxylation sites is 1. The molecule has 201 valence electrons. The zero-order chi connectivity index (χ0) is 26.8. The van der Waals surface area contributed by atoms with Crippen molar-refractivity contribution >= 4 is 5.69 Å². The third kappa shape index (κ3) is 5.27. The SMILES string of the molecule is [CH2]C(C)N1CC[N@+](c2ccccc2C(F)(F)F)(C(c2ccccc2)c2ccccc2)C(OC2CCCC2)C1. The van der Waals surface area contributed by atoms with Gasteiger partial charge in [0.1, 0.15) is 17.3 Å². The summed E-state index contributed by atoms with van der Waals surface area (Å²) >= 11 is 0. The van der Waals surface area contributed by atoms with E-state index in [0.29, 0.717) is 19.6 Å². The molecule has 2 unspecified atom stereocenters. The largest absolute Gasteiger partial charge is 0.422 e. The standard InChI is InChI=1S/C32H37F3N2O/c1-24(2)36-21-22-37(30(23-36)38-27-17-9-10-18-27,29-20-12-11-19-28(29)32(33,34)35)31(25-13-5-3-6-14-25)26-15-7-4-8-16-26/h3-8,11-16,19-20,24,27,30-31H,1,9-10,17-18,21-23H2,2H3/q+1/t24?,30?,37-/m1/s1. The van der Waals surface area contributed by atoms with Crippen LogP contribution >= 0.6 is 0 Å². The first-order valence-electron chi connectivity index (χ1n) is 13.7. The van der Waals surface area contributed by atoms with Crippen LogP contribution in [-0.2, 0) is 10.9 Å². The summed E-state index contributed by atoms with van der Waals surface area (Å²) in [6.45, 7) is 7.91. The first kappa shape index (κ1) is 26.9. The molecule has 1 saturated carbocycles. The number of halogens is 3. The molecule has 1 saturated heterocycles. The molecule has 3 aromatic carbocycles. The minimum atomic E-state index is -4.49. The summed E-state index contributed by atoms with van der Waals surface area (Å²) < 4.78 is 51.1. The van der Waals surface area contributed by atoms with Gasteiger partial charge in [0.15, 0.2) is 0 Å². The van der Waals surface area contributed by atoms with Gasteiger partial charge in [0.05, 0.1) is 19.2 Å². The number of alkyl halides is 3. The smallest absolute Gasteiger partial charge is 0.324 e. The molecule has 1 heterocycles. The normalized spacial score (nSPS) is 23.4. The lowest BCUT2D eigenvalue weighted by Crippen LogP contribution is -2.70. The molecule has 3 atom stereocenters. The van der Waals surface area contributed by atoms with E-state index in [1.165, 1.54) is 12.1 Å². The summed E-state index contributed by atoms with van der Waals surface area (Å²) in [5, 5.41) is 0. The molecular formula is C32H37F3N2O+. The molecule has 0 amide bonds. The second kappa shape index (κ2) is 11.2. The topological polar surface area (TPSA) is 12.5 Å². The molecule has 3 aromatic rings. The van der Waals surface area contributed by atoms with Crippen molar-refractivity contribution in [1.29, 1.82) is 0 Å². The zero-order valence-electron chi connectivity index (χ0n) is 22.0. The van der Waals surface area contributed by atoms with Crippen molar-refractivity contribution in [2.45, 2.75) is 63.2 Å². The van der Waals surface area contributed by atoms with Crippen LogP contribution in [0.2, 0.25) is 0 Å². The Hall–Kier alpha value is -2.67. The molecular weight excluding hydrogens is 485 g/mol. The lowest BCUT2D eigenvalue weighted by molar-refractivity contribution is -0.151. The van der Waals surface area contributed by atoms with Gasteiger partial charge < -0.3 is 4.74 Å². The summed E-state index contributed by atoms with van der Waals surface area (Å²) in [7, 11) is 0. The van der Waals surface area contributed by atoms with Gasteiger partial charge in [-0.25, -0.2) is 0 Å². The highest BCUT2D eigenvalue weighted by atomic mass is 19.4. The lowest BCUT2D eigenvalue weighted by Gasteiger charge is -2.55. The quantitative estimate of drug-likeness (QED) is 0.296. The second-order valence-electron chi connectivity index (χ2n) is 10.7. The Morgan fingerprint density at radius 2 is 1.42 bits per heavy atom. The van der Waals surface area contributed by atoms with Crippen molar-refractivity contribution in [2.24, 2.45) is 0 Å². The van der Waals surface area contributed by atoms with Gasteiger partial charge in [0.25, 0.3) is 0 Å². The molecule has 1 aliphatic heterocycles. The maximum Gasteiger partial charge on any atom is 0.422 e. The van der Waals surface area contributed by atoms with Crippen LogP contribution in [0, 0.1) is 6.92 Å². The first-order chi connectivity index (χ1) is 18.3. The Morgan fingerprint density at radius 1 is 0.868 bits per heavy atom. The van der Waals surface area contributed by atoms with Crippen LogP contribution in [0.3, 0.4) is 0 Å². The van der Waals surface area contributed by atoms with Crippen molar-refractivity contribution in [2.75, 3.05) is 19.6 Å². The van der Waals surface area contributed by atoms with Crippen LogP contribution in [0.1, 0.15) is 55.3 Å². The third-order valence-electron chi connectivity index (χ3n) is 8.29. The highest BCUT2D eigenvalue weighted by Crippen LogP contribution is 2.49. The molecule has 5 rings (SSSR count). The van der Waals surface area contributed by atoms with E-state index in [0.717, 1.165) is 36.8 Å². The van der Waals surface area contributed by atoms with E-state index in [-0.39, 0.29) is 28.4 Å². The molecule has 2 aliphatic rings. The van der Waals surface area contributed by atoms with Gasteiger partial charge in [-0.1, -0.05) is 85.6 Å². The predicted octanol–water partition coefficient (Wildman–Crippen LogP) is 7.63. The fraction of sp³-hybridized carbons (Fsp3) is 0.406. The molecule has 0 spiro atoms. The van der Waals surface area contributed by atoms with Crippen LogP contribution in [0.4, 0.5) is 18.9 Å². The van der Waals surface area contributed by atoms with E-state index in [1.54, 1.807) is 12.1 Å². The van der Waals surface area contributed by atoms with Crippen molar-refractivity contribution < 1.29 is 17.9 Å². The van der Waals surface area contributed by atoms with Crippen molar-refractivity contribution in [3.05, 3.63) is 109 Å². The monoisotopic (exact) mass is 522 g/mol. The van der Waals surface area contributed by atoms with E-state index < -0.39 is 18.0 Å². The average molecular weight is 523 g/mol. The van der Waals surface area contributed by atoms with Crippen LogP contribution in [0.25, 0.3) is 0 Å². The van der Waals surface area contributed by atoms with Gasteiger partial charge >= 0.3 is 6.18 Å². The number of quaternary nitrogens is 1. The molecule has 1 radical (unpaired) electrons. The van der Waals surface area contributed by atoms with Gasteiger partial charge in [-0.05, 0) is 38.8 Å². The number of hydrogen-bond donors (Lipinski definition) is 0. The predicted molar refractivity (Wildman–Crippen MR) is 146 cm³/mol. The summed E-state index contributed by atoms with van der Waals surface area (Å²) in [6.07, 6.45) is -0.876. The van der Waals surface area contributed by atoms with Crippen LogP contribution in [0.15, 0.2) is 84.9 Å².